The smallest absolute Gasteiger partial charge is 0.217 e. The number of carbonyl (C=O) groups excluding carboxylic acids is 1. The third-order valence-corrected chi connectivity index (χ3v) is 1.03. The fourth-order valence-corrected chi connectivity index (χ4v) is 0.519. The lowest BCUT2D eigenvalue weighted by molar-refractivity contribution is -0.118. The summed E-state index contributed by atoms with van der Waals surface area (Å²) in [4.78, 5) is 14.1. The molecule has 0 atom stereocenters. The van der Waals surface area contributed by atoms with Crippen molar-refractivity contribution >= 4 is 12.6 Å². The van der Waals surface area contributed by atoms with Gasteiger partial charge in [-0.15, -0.1) is 0 Å². The predicted molar refractivity (Wildman–Crippen MR) is 48.6 cm³/mol. The molecule has 0 aromatic rings. The molecule has 3 heteroatoms. The summed E-state index contributed by atoms with van der Waals surface area (Å²) < 4.78 is 0. The van der Waals surface area contributed by atoms with Crippen molar-refractivity contribution in [2.24, 2.45) is 4.99 Å². The summed E-state index contributed by atoms with van der Waals surface area (Å²) in [5, 5.41) is 2.59. The molecule has 0 fully saturated rings. The zero-order valence-corrected chi connectivity index (χ0v) is 6.63. The molecule has 62 valence electrons. The Hall–Kier alpha value is -1.38. The van der Waals surface area contributed by atoms with Crippen LogP contribution in [-0.2, 0) is 4.79 Å². The molecule has 0 heterocycles. The highest BCUT2D eigenvalue weighted by Gasteiger charge is 1.92. The van der Waals surface area contributed by atoms with E-state index in [1.807, 2.05) is 0 Å². The van der Waals surface area contributed by atoms with Crippen molar-refractivity contribution in [1.82, 2.24) is 5.32 Å². The van der Waals surface area contributed by atoms with Gasteiger partial charge >= 0.3 is 0 Å². The Bertz CT molecular complexity index is 199. The predicted octanol–water partition coefficient (Wildman–Crippen LogP) is 1.14. The minimum absolute atomic E-state index is 0. The fraction of sp³-hybridized carbons (Fsp3) is 0.250. The maximum atomic E-state index is 10.4. The molecule has 0 aliphatic carbocycles. The Kier molecular flexibility index (Phi) is 4.73. The Morgan fingerprint density at radius 3 is 2.82 bits per heavy atom. The van der Waals surface area contributed by atoms with Crippen LogP contribution in [0, 0.1) is 0 Å². The van der Waals surface area contributed by atoms with Gasteiger partial charge in [0, 0.05) is 8.35 Å². The molecule has 0 unspecified atom stereocenters. The molecule has 0 spiro atoms. The van der Waals surface area contributed by atoms with Crippen molar-refractivity contribution < 1.29 is 6.22 Å². The first-order valence-corrected chi connectivity index (χ1v) is 3.23. The van der Waals surface area contributed by atoms with Gasteiger partial charge < -0.3 is 5.32 Å². The molecule has 0 aromatic carbocycles. The fourth-order valence-electron chi connectivity index (χ4n) is 0.519. The second kappa shape index (κ2) is 5.41. The van der Waals surface area contributed by atoms with E-state index in [0.29, 0.717) is 12.2 Å². The zero-order valence-electron chi connectivity index (χ0n) is 6.63. The summed E-state index contributed by atoms with van der Waals surface area (Å²) in [5.74, 6) is -0.0800. The molecule has 0 aliphatic rings. The summed E-state index contributed by atoms with van der Waals surface area (Å²) in [6.07, 6.45) is 3.30. The second-order valence-corrected chi connectivity index (χ2v) is 1.96. The lowest BCUT2D eigenvalue weighted by Gasteiger charge is -1.99. The first kappa shape index (κ1) is 9.62. The van der Waals surface area contributed by atoms with Gasteiger partial charge in [0.05, 0.1) is 12.2 Å². The Balaban J connectivity index is 0. The molecule has 0 aromatic heterocycles. The van der Waals surface area contributed by atoms with Crippen molar-refractivity contribution in [3.05, 3.63) is 24.4 Å². The van der Waals surface area contributed by atoms with Crippen LogP contribution in [0.4, 0.5) is 0 Å². The minimum Gasteiger partial charge on any atom is -0.351 e. The van der Waals surface area contributed by atoms with Gasteiger partial charge in [0.25, 0.3) is 0 Å². The third-order valence-electron chi connectivity index (χ3n) is 1.03. The van der Waals surface area contributed by atoms with Gasteiger partial charge in [-0.2, -0.15) is 0 Å². The molecule has 0 saturated carbocycles. The van der Waals surface area contributed by atoms with Crippen LogP contribution in [0.25, 0.3) is 0 Å². The molecular weight excluding hydrogens is 140 g/mol. The van der Waals surface area contributed by atoms with E-state index in [1.54, 1.807) is 12.2 Å². The number of hydrogen-bond acceptors (Lipinski definition) is 2. The van der Waals surface area contributed by atoms with Crippen LogP contribution in [0.15, 0.2) is 29.4 Å². The zero-order chi connectivity index (χ0) is 8.69. The molecule has 0 radical (unpaired) electrons. The van der Waals surface area contributed by atoms with Crippen LogP contribution in [0.3, 0.4) is 0 Å². The molecule has 11 heavy (non-hydrogen) atoms. The number of carbonyl (C=O) groups is 1. The van der Waals surface area contributed by atoms with Gasteiger partial charge in [-0.1, -0.05) is 12.7 Å². The molecule has 0 aliphatic heterocycles. The first-order valence-electron chi connectivity index (χ1n) is 3.23. The largest absolute Gasteiger partial charge is 0.351 e. The van der Waals surface area contributed by atoms with Crippen molar-refractivity contribution in [1.29, 1.82) is 0 Å². The van der Waals surface area contributed by atoms with E-state index < -0.39 is 0 Å². The first-order chi connectivity index (χ1) is 5.20. The van der Waals surface area contributed by atoms with E-state index >= 15 is 0 Å². The van der Waals surface area contributed by atoms with Crippen LogP contribution in [0.5, 0.6) is 0 Å². The number of amides is 1. The van der Waals surface area contributed by atoms with Crippen molar-refractivity contribution in [2.75, 3.05) is 6.54 Å². The maximum Gasteiger partial charge on any atom is 0.217 e. The molecule has 0 saturated heterocycles. The molecule has 3 nitrogen and oxygen atoms in total. The van der Waals surface area contributed by atoms with Crippen LogP contribution < -0.4 is 5.32 Å². The van der Waals surface area contributed by atoms with Crippen molar-refractivity contribution in [2.45, 2.75) is 6.92 Å². The van der Waals surface area contributed by atoms with E-state index in [9.17, 15) is 4.79 Å². The molecule has 0 rings (SSSR count). The highest BCUT2D eigenvalue weighted by Crippen LogP contribution is 1.92. The number of allylic oxidation sites excluding steroid dienone is 2. The average Bonchev–Trinajstić information content (AvgIpc) is 1.97. The Morgan fingerprint density at radius 1 is 1.82 bits per heavy atom. The van der Waals surface area contributed by atoms with Gasteiger partial charge in [-0.3, -0.25) is 9.79 Å². The van der Waals surface area contributed by atoms with Crippen LogP contribution >= 0.6 is 0 Å². The van der Waals surface area contributed by atoms with E-state index in [-0.39, 0.29) is 7.33 Å². The quantitative estimate of drug-likeness (QED) is 0.479. The van der Waals surface area contributed by atoms with Gasteiger partial charge in [0.2, 0.25) is 5.91 Å². The molecule has 0 bridgehead atoms. The van der Waals surface area contributed by atoms with E-state index in [1.165, 1.54) is 6.92 Å². The normalized spacial score (nSPS) is 10.5. The Morgan fingerprint density at radius 2 is 2.45 bits per heavy atom. The molecule has 1 N–H and O–H groups in total. The standard InChI is InChI=1S/C8H12N2O.H2/c1-4-5-8(9-3)6-10-7(2)11;/h4-5H,1,3,6H2,2H3,(H,10,11);1H/b8-5-;. The highest BCUT2D eigenvalue weighted by atomic mass is 16.1. The minimum atomic E-state index is -0.0800. The maximum absolute atomic E-state index is 10.4. The summed E-state index contributed by atoms with van der Waals surface area (Å²) in [6.45, 7) is 8.70. The number of nitrogens with zero attached hydrogens (tertiary/aromatic N) is 1. The van der Waals surface area contributed by atoms with Crippen LogP contribution in [0.2, 0.25) is 0 Å². The molecule has 1 amide bonds. The number of rotatable bonds is 4. The summed E-state index contributed by atoms with van der Waals surface area (Å²) in [7, 11) is 0. The summed E-state index contributed by atoms with van der Waals surface area (Å²) >= 11 is 0. The Labute approximate surface area is 68.0 Å². The lowest BCUT2D eigenvalue weighted by Crippen LogP contribution is -2.21. The van der Waals surface area contributed by atoms with Gasteiger partial charge in [0.15, 0.2) is 0 Å². The monoisotopic (exact) mass is 154 g/mol. The number of hydrogen-bond donors (Lipinski definition) is 1. The second-order valence-electron chi connectivity index (χ2n) is 1.96. The van der Waals surface area contributed by atoms with Crippen molar-refractivity contribution in [3.63, 3.8) is 0 Å². The van der Waals surface area contributed by atoms with E-state index in [0.717, 1.165) is 0 Å². The molecular formula is C8H14N2O. The number of aliphatic imine (C=N–C) groups is 1. The summed E-state index contributed by atoms with van der Waals surface area (Å²) in [5.41, 5.74) is 0.704. The SMILES string of the molecule is C=C/C=C(/CNC(C)=O)N=C.[HH]. The van der Waals surface area contributed by atoms with Gasteiger partial charge in [0.1, 0.15) is 0 Å². The van der Waals surface area contributed by atoms with Gasteiger partial charge in [-0.05, 0) is 12.8 Å². The third kappa shape index (κ3) is 5.08. The van der Waals surface area contributed by atoms with Crippen molar-refractivity contribution in [3.8, 4) is 0 Å². The topological polar surface area (TPSA) is 41.5 Å². The average molecular weight is 154 g/mol. The number of nitrogens with one attached hydrogen (secondary N) is 1. The van der Waals surface area contributed by atoms with E-state index in [4.69, 9.17) is 0 Å². The lowest BCUT2D eigenvalue weighted by atomic mass is 10.4. The highest BCUT2D eigenvalue weighted by molar-refractivity contribution is 5.73. The van der Waals surface area contributed by atoms with Crippen LogP contribution in [0.1, 0.15) is 8.35 Å². The van der Waals surface area contributed by atoms with Crippen LogP contribution in [-0.4, -0.2) is 19.2 Å². The van der Waals surface area contributed by atoms with Gasteiger partial charge in [-0.25, -0.2) is 0 Å². The van der Waals surface area contributed by atoms with E-state index in [2.05, 4.69) is 23.6 Å². The summed E-state index contributed by atoms with van der Waals surface area (Å²) in [6, 6.07) is 0.